The van der Waals surface area contributed by atoms with Gasteiger partial charge in [-0.1, -0.05) is 23.7 Å². The molecule has 0 bridgehead atoms. The zero-order valence-corrected chi connectivity index (χ0v) is 16.3. The summed E-state index contributed by atoms with van der Waals surface area (Å²) in [6.45, 7) is 6.73. The molecule has 1 unspecified atom stereocenters. The van der Waals surface area contributed by atoms with Crippen molar-refractivity contribution >= 4 is 33.2 Å². The predicted octanol–water partition coefficient (Wildman–Crippen LogP) is 2.50. The molecule has 3 atom stereocenters. The van der Waals surface area contributed by atoms with Gasteiger partial charge in [0.1, 0.15) is 36.7 Å². The van der Waals surface area contributed by atoms with Crippen molar-refractivity contribution in [2.24, 2.45) is 0 Å². The molecule has 136 valence electrons. The Balaban J connectivity index is 1.66. The fraction of sp³-hybridized carbons (Fsp3) is 0.368. The summed E-state index contributed by atoms with van der Waals surface area (Å²) in [5.41, 5.74) is 1.80. The molecule has 0 radical (unpaired) electrons. The standard InChI is InChI=1S/C19H20ClN3O2S/c1-11-7-23(8-12(2)25-11)9-16-21-18(24)17-15(10-26-19(17)22-16)13-3-5-14(20)6-4-13/h3-6,10-12H,7-9H2,1-2H3,(H,21,22,24)/p+1/t11-,12+. The second-order valence-corrected chi connectivity index (χ2v) is 8.24. The van der Waals surface area contributed by atoms with Gasteiger partial charge in [0.15, 0.2) is 5.82 Å². The van der Waals surface area contributed by atoms with Crippen LogP contribution in [-0.4, -0.2) is 35.3 Å². The van der Waals surface area contributed by atoms with Crippen LogP contribution in [0.5, 0.6) is 0 Å². The van der Waals surface area contributed by atoms with E-state index in [9.17, 15) is 4.79 Å². The SMILES string of the molecule is C[C@@H]1C[NH+](Cc2nc3scc(-c4ccc(Cl)cc4)c3c(=O)[nH]2)C[C@H](C)O1. The van der Waals surface area contributed by atoms with Gasteiger partial charge in [-0.15, -0.1) is 11.3 Å². The van der Waals surface area contributed by atoms with Crippen molar-refractivity contribution in [3.05, 3.63) is 50.8 Å². The first-order valence-corrected chi connectivity index (χ1v) is 10.0. The van der Waals surface area contributed by atoms with E-state index in [0.717, 1.165) is 34.9 Å². The topological polar surface area (TPSA) is 59.4 Å². The molecule has 1 aromatic carbocycles. The lowest BCUT2D eigenvalue weighted by Crippen LogP contribution is -3.14. The number of benzene rings is 1. The summed E-state index contributed by atoms with van der Waals surface area (Å²) >= 11 is 7.47. The van der Waals surface area contributed by atoms with Crippen molar-refractivity contribution in [2.45, 2.75) is 32.6 Å². The maximum Gasteiger partial charge on any atom is 0.260 e. The Morgan fingerprint density at radius 2 is 1.96 bits per heavy atom. The number of hydrogen-bond acceptors (Lipinski definition) is 4. The third-order valence-corrected chi connectivity index (χ3v) is 5.81. The maximum atomic E-state index is 12.7. The van der Waals surface area contributed by atoms with Crippen molar-refractivity contribution in [3.63, 3.8) is 0 Å². The average Bonchev–Trinajstić information content (AvgIpc) is 2.99. The summed E-state index contributed by atoms with van der Waals surface area (Å²) < 4.78 is 5.79. The van der Waals surface area contributed by atoms with E-state index in [-0.39, 0.29) is 17.8 Å². The number of ether oxygens (including phenoxy) is 1. The number of hydrogen-bond donors (Lipinski definition) is 2. The molecule has 7 heteroatoms. The summed E-state index contributed by atoms with van der Waals surface area (Å²) in [5, 5.41) is 3.32. The van der Waals surface area contributed by atoms with Crippen LogP contribution in [0.3, 0.4) is 0 Å². The number of rotatable bonds is 3. The van der Waals surface area contributed by atoms with Crippen LogP contribution in [0.25, 0.3) is 21.3 Å². The van der Waals surface area contributed by atoms with Crippen molar-refractivity contribution in [1.29, 1.82) is 0 Å². The summed E-state index contributed by atoms with van der Waals surface area (Å²) in [4.78, 5) is 22.6. The monoisotopic (exact) mass is 390 g/mol. The van der Waals surface area contributed by atoms with Gasteiger partial charge in [-0.2, -0.15) is 0 Å². The van der Waals surface area contributed by atoms with Gasteiger partial charge in [0.05, 0.1) is 5.39 Å². The van der Waals surface area contributed by atoms with Crippen molar-refractivity contribution < 1.29 is 9.64 Å². The van der Waals surface area contributed by atoms with Crippen molar-refractivity contribution in [2.75, 3.05) is 13.1 Å². The van der Waals surface area contributed by atoms with Gasteiger partial charge in [0.25, 0.3) is 5.56 Å². The molecule has 2 N–H and O–H groups in total. The lowest BCUT2D eigenvalue weighted by molar-refractivity contribution is -0.928. The van der Waals surface area contributed by atoms with Crippen LogP contribution in [0, 0.1) is 0 Å². The Hall–Kier alpha value is -1.73. The lowest BCUT2D eigenvalue weighted by Gasteiger charge is -2.32. The maximum absolute atomic E-state index is 12.7. The van der Waals surface area contributed by atoms with Gasteiger partial charge in [-0.3, -0.25) is 4.79 Å². The Bertz CT molecular complexity index is 973. The molecule has 0 amide bonds. The van der Waals surface area contributed by atoms with E-state index in [1.165, 1.54) is 16.2 Å². The number of nitrogens with zero attached hydrogens (tertiary/aromatic N) is 1. The van der Waals surface area contributed by atoms with E-state index in [4.69, 9.17) is 21.3 Å². The Kier molecular flexibility index (Phi) is 4.84. The Labute approximate surface area is 160 Å². The molecule has 0 spiro atoms. The third kappa shape index (κ3) is 3.55. The van der Waals surface area contributed by atoms with E-state index in [1.807, 2.05) is 29.6 Å². The third-order valence-electron chi connectivity index (χ3n) is 4.68. The zero-order chi connectivity index (χ0) is 18.3. The van der Waals surface area contributed by atoms with E-state index in [2.05, 4.69) is 18.8 Å². The smallest absolute Gasteiger partial charge is 0.260 e. The van der Waals surface area contributed by atoms with E-state index in [0.29, 0.717) is 17.0 Å². The fourth-order valence-corrected chi connectivity index (χ4v) is 4.78. The molecule has 0 saturated carbocycles. The minimum Gasteiger partial charge on any atom is -0.364 e. The molecule has 3 aromatic rings. The van der Waals surface area contributed by atoms with Gasteiger partial charge in [-0.25, -0.2) is 4.98 Å². The van der Waals surface area contributed by atoms with Crippen LogP contribution < -0.4 is 10.5 Å². The molecule has 5 nitrogen and oxygen atoms in total. The number of nitrogens with one attached hydrogen (secondary N) is 2. The molecule has 1 aliphatic rings. The number of aromatic nitrogens is 2. The highest BCUT2D eigenvalue weighted by Gasteiger charge is 2.26. The quantitative estimate of drug-likeness (QED) is 0.722. The Morgan fingerprint density at radius 1 is 1.27 bits per heavy atom. The molecule has 4 rings (SSSR count). The molecular weight excluding hydrogens is 370 g/mol. The van der Waals surface area contributed by atoms with Crippen LogP contribution in [0.15, 0.2) is 34.4 Å². The van der Waals surface area contributed by atoms with Crippen LogP contribution in [0.1, 0.15) is 19.7 Å². The average molecular weight is 391 g/mol. The minimum absolute atomic E-state index is 0.0787. The number of morpholine rings is 1. The summed E-state index contributed by atoms with van der Waals surface area (Å²) in [6.07, 6.45) is 0.449. The summed E-state index contributed by atoms with van der Waals surface area (Å²) in [7, 11) is 0. The van der Waals surface area contributed by atoms with Crippen molar-refractivity contribution in [3.8, 4) is 11.1 Å². The highest BCUT2D eigenvalue weighted by molar-refractivity contribution is 7.17. The number of aromatic amines is 1. The predicted molar refractivity (Wildman–Crippen MR) is 105 cm³/mol. The first-order chi connectivity index (χ1) is 12.5. The van der Waals surface area contributed by atoms with Crippen molar-refractivity contribution in [1.82, 2.24) is 9.97 Å². The van der Waals surface area contributed by atoms with Gasteiger partial charge < -0.3 is 14.6 Å². The molecule has 1 saturated heterocycles. The second kappa shape index (κ2) is 7.12. The lowest BCUT2D eigenvalue weighted by atomic mass is 10.1. The molecule has 0 aliphatic carbocycles. The highest BCUT2D eigenvalue weighted by atomic mass is 35.5. The van der Waals surface area contributed by atoms with Gasteiger partial charge in [0, 0.05) is 16.0 Å². The largest absolute Gasteiger partial charge is 0.364 e. The molecule has 1 fully saturated rings. The fourth-order valence-electron chi connectivity index (χ4n) is 3.69. The zero-order valence-electron chi connectivity index (χ0n) is 14.7. The number of fused-ring (bicyclic) bond motifs is 1. The number of thiophene rings is 1. The molecular formula is C19H21ClN3O2S+. The summed E-state index contributed by atoms with van der Waals surface area (Å²) in [6, 6.07) is 7.52. The molecule has 26 heavy (non-hydrogen) atoms. The van der Waals surface area contributed by atoms with Gasteiger partial charge >= 0.3 is 0 Å². The second-order valence-electron chi connectivity index (χ2n) is 6.94. The van der Waals surface area contributed by atoms with Crippen LogP contribution in [0.2, 0.25) is 5.02 Å². The number of H-pyrrole nitrogens is 1. The molecule has 3 heterocycles. The minimum atomic E-state index is -0.0787. The van der Waals surface area contributed by atoms with Gasteiger partial charge in [-0.05, 0) is 31.5 Å². The first-order valence-electron chi connectivity index (χ1n) is 8.75. The van der Waals surface area contributed by atoms with Crippen LogP contribution in [-0.2, 0) is 11.3 Å². The van der Waals surface area contributed by atoms with Crippen LogP contribution in [0.4, 0.5) is 0 Å². The van der Waals surface area contributed by atoms with E-state index in [1.54, 1.807) is 0 Å². The molecule has 1 aliphatic heterocycles. The van der Waals surface area contributed by atoms with Crippen LogP contribution >= 0.6 is 22.9 Å². The normalized spacial score (nSPS) is 23.4. The Morgan fingerprint density at radius 3 is 2.65 bits per heavy atom. The summed E-state index contributed by atoms with van der Waals surface area (Å²) in [5.74, 6) is 0.739. The highest BCUT2D eigenvalue weighted by Crippen LogP contribution is 2.31. The van der Waals surface area contributed by atoms with E-state index < -0.39 is 0 Å². The van der Waals surface area contributed by atoms with Gasteiger partial charge in [0.2, 0.25) is 0 Å². The number of halogens is 1. The number of quaternary nitrogens is 1. The molecule has 2 aromatic heterocycles. The van der Waals surface area contributed by atoms with E-state index >= 15 is 0 Å². The first kappa shape index (κ1) is 17.7.